The van der Waals surface area contributed by atoms with Crippen LogP contribution in [-0.2, 0) is 9.47 Å². The van der Waals surface area contributed by atoms with Crippen LogP contribution in [0.4, 0.5) is 0 Å². The highest BCUT2D eigenvalue weighted by molar-refractivity contribution is 5.24. The van der Waals surface area contributed by atoms with Gasteiger partial charge in [-0.2, -0.15) is 0 Å². The quantitative estimate of drug-likeness (QED) is 0.228. The van der Waals surface area contributed by atoms with Crippen LogP contribution in [0.15, 0.2) is 48.6 Å². The minimum Gasteiger partial charge on any atom is -0.353 e. The Balaban J connectivity index is 1.83. The zero-order chi connectivity index (χ0) is 19.4. The fourth-order valence-electron chi connectivity index (χ4n) is 4.47. The molecule has 0 N–H and O–H groups in total. The molecule has 0 unspecified atom stereocenters. The number of allylic oxidation sites excluding steroid dienone is 8. The summed E-state index contributed by atoms with van der Waals surface area (Å²) in [5.41, 5.74) is 0. The van der Waals surface area contributed by atoms with Gasteiger partial charge in [-0.1, -0.05) is 94.1 Å². The summed E-state index contributed by atoms with van der Waals surface area (Å²) in [7, 11) is 3.62. The smallest absolute Gasteiger partial charge is 0.167 e. The lowest BCUT2D eigenvalue weighted by atomic mass is 9.78. The Morgan fingerprint density at radius 3 is 1.67 bits per heavy atom. The van der Waals surface area contributed by atoms with Gasteiger partial charge in [0.05, 0.1) is 0 Å². The summed E-state index contributed by atoms with van der Waals surface area (Å²) in [4.78, 5) is 0. The molecule has 0 amide bonds. The third kappa shape index (κ3) is 7.08. The Hall–Kier alpha value is -1.12. The van der Waals surface area contributed by atoms with E-state index in [9.17, 15) is 0 Å². The van der Waals surface area contributed by atoms with Gasteiger partial charge in [0.15, 0.2) is 5.79 Å². The first kappa shape index (κ1) is 22.2. The second-order valence-corrected chi connectivity index (χ2v) is 8.09. The van der Waals surface area contributed by atoms with Crippen LogP contribution in [0.25, 0.3) is 0 Å². The molecule has 0 fully saturated rings. The molecular weight excluding hydrogens is 332 g/mol. The highest BCUT2D eigenvalue weighted by Gasteiger charge is 2.33. The molecular formula is C25H40O2. The minimum atomic E-state index is -0.431. The van der Waals surface area contributed by atoms with Gasteiger partial charge in [-0.25, -0.2) is 0 Å². The van der Waals surface area contributed by atoms with E-state index in [2.05, 4.69) is 55.5 Å². The van der Waals surface area contributed by atoms with Crippen molar-refractivity contribution in [3.8, 4) is 0 Å². The van der Waals surface area contributed by atoms with Gasteiger partial charge in [0, 0.05) is 27.1 Å². The van der Waals surface area contributed by atoms with E-state index in [4.69, 9.17) is 9.47 Å². The van der Waals surface area contributed by atoms with Gasteiger partial charge in [0.25, 0.3) is 0 Å². The molecule has 2 aliphatic carbocycles. The summed E-state index contributed by atoms with van der Waals surface area (Å²) in [6.07, 6.45) is 30.3. The number of methoxy groups -OCH3 is 2. The van der Waals surface area contributed by atoms with Gasteiger partial charge in [0.1, 0.15) is 0 Å². The number of unbranched alkanes of at least 4 members (excludes halogenated alkanes) is 6. The van der Waals surface area contributed by atoms with Crippen molar-refractivity contribution in [2.75, 3.05) is 14.2 Å². The lowest BCUT2D eigenvalue weighted by Gasteiger charge is -2.34. The zero-order valence-electron chi connectivity index (χ0n) is 17.7. The Labute approximate surface area is 167 Å². The molecule has 0 heterocycles. The molecule has 0 aromatic carbocycles. The molecule has 0 radical (unpaired) electrons. The molecule has 0 aliphatic heterocycles. The summed E-state index contributed by atoms with van der Waals surface area (Å²) in [5.74, 6) is 1.19. The largest absolute Gasteiger partial charge is 0.353 e. The minimum absolute atomic E-state index is 0.431. The van der Waals surface area contributed by atoms with Gasteiger partial charge >= 0.3 is 0 Å². The third-order valence-corrected chi connectivity index (χ3v) is 6.31. The molecule has 152 valence electrons. The maximum atomic E-state index is 5.91. The summed E-state index contributed by atoms with van der Waals surface area (Å²) < 4.78 is 11.8. The maximum absolute atomic E-state index is 5.91. The first-order valence-electron chi connectivity index (χ1n) is 11.0. The number of hydrogen-bond acceptors (Lipinski definition) is 2. The van der Waals surface area contributed by atoms with Crippen LogP contribution in [-0.4, -0.2) is 20.0 Å². The molecule has 0 aromatic heterocycles. The first-order chi connectivity index (χ1) is 13.2. The fourth-order valence-corrected chi connectivity index (χ4v) is 4.47. The van der Waals surface area contributed by atoms with E-state index in [-0.39, 0.29) is 0 Å². The maximum Gasteiger partial charge on any atom is 0.167 e. The second-order valence-electron chi connectivity index (χ2n) is 8.09. The van der Waals surface area contributed by atoms with E-state index in [0.717, 1.165) is 19.3 Å². The predicted molar refractivity (Wildman–Crippen MR) is 116 cm³/mol. The summed E-state index contributed by atoms with van der Waals surface area (Å²) in [6.45, 7) is 2.27. The van der Waals surface area contributed by atoms with E-state index in [1.54, 1.807) is 0 Å². The molecule has 0 saturated carbocycles. The van der Waals surface area contributed by atoms with E-state index in [1.807, 2.05) is 14.2 Å². The molecule has 0 aromatic rings. The lowest BCUT2D eigenvalue weighted by molar-refractivity contribution is -0.217. The molecule has 2 rings (SSSR count). The van der Waals surface area contributed by atoms with Crippen molar-refractivity contribution in [2.24, 2.45) is 17.8 Å². The highest BCUT2D eigenvalue weighted by Crippen LogP contribution is 2.37. The highest BCUT2D eigenvalue weighted by atomic mass is 16.7. The number of rotatable bonds is 15. The standard InChI is InChI=1S/C25H40O2/c1-4-5-6-7-8-9-14-20-25(26-2,27-3)21-19-24(22-15-10-11-16-22)23-17-12-13-18-23/h10-13,15-18,22-24H,4-9,14,19-21H2,1-3H3. The Morgan fingerprint density at radius 1 is 0.704 bits per heavy atom. The van der Waals surface area contributed by atoms with Gasteiger partial charge in [-0.05, 0) is 30.6 Å². The summed E-state index contributed by atoms with van der Waals surface area (Å²) in [5, 5.41) is 0. The molecule has 0 bridgehead atoms. The van der Waals surface area contributed by atoms with E-state index < -0.39 is 5.79 Å². The summed E-state index contributed by atoms with van der Waals surface area (Å²) in [6, 6.07) is 0. The van der Waals surface area contributed by atoms with Crippen LogP contribution in [0.5, 0.6) is 0 Å². The van der Waals surface area contributed by atoms with Crippen molar-refractivity contribution in [1.82, 2.24) is 0 Å². The molecule has 27 heavy (non-hydrogen) atoms. The molecule has 0 spiro atoms. The average Bonchev–Trinajstić information content (AvgIpc) is 3.41. The monoisotopic (exact) mass is 372 g/mol. The van der Waals surface area contributed by atoms with Gasteiger partial charge in [-0.3, -0.25) is 0 Å². The Morgan fingerprint density at radius 2 is 1.19 bits per heavy atom. The zero-order valence-corrected chi connectivity index (χ0v) is 17.7. The number of hydrogen-bond donors (Lipinski definition) is 0. The van der Waals surface area contributed by atoms with Crippen LogP contribution in [0.1, 0.15) is 71.1 Å². The molecule has 2 aliphatic rings. The predicted octanol–water partition coefficient (Wildman–Crippen LogP) is 7.00. The molecule has 2 heteroatoms. The van der Waals surface area contributed by atoms with Crippen molar-refractivity contribution in [1.29, 1.82) is 0 Å². The Bertz CT molecular complexity index is 458. The van der Waals surface area contributed by atoms with Crippen LogP contribution in [0, 0.1) is 17.8 Å². The van der Waals surface area contributed by atoms with Crippen molar-refractivity contribution in [2.45, 2.75) is 76.9 Å². The van der Waals surface area contributed by atoms with Crippen LogP contribution >= 0.6 is 0 Å². The normalized spacial score (nSPS) is 17.2. The fraction of sp³-hybridized carbons (Fsp3) is 0.680. The topological polar surface area (TPSA) is 18.5 Å². The van der Waals surface area contributed by atoms with E-state index in [0.29, 0.717) is 17.8 Å². The van der Waals surface area contributed by atoms with Gasteiger partial charge in [0.2, 0.25) is 0 Å². The van der Waals surface area contributed by atoms with Crippen LogP contribution in [0.2, 0.25) is 0 Å². The van der Waals surface area contributed by atoms with Crippen molar-refractivity contribution in [3.63, 3.8) is 0 Å². The van der Waals surface area contributed by atoms with Gasteiger partial charge in [-0.15, -0.1) is 0 Å². The third-order valence-electron chi connectivity index (χ3n) is 6.31. The summed E-state index contributed by atoms with van der Waals surface area (Å²) >= 11 is 0. The second kappa shape index (κ2) is 12.4. The van der Waals surface area contributed by atoms with E-state index in [1.165, 1.54) is 44.9 Å². The molecule has 2 nitrogen and oxygen atoms in total. The Kier molecular flexibility index (Phi) is 10.2. The van der Waals surface area contributed by atoms with Gasteiger partial charge < -0.3 is 9.47 Å². The SMILES string of the molecule is CCCCCCCCCC(CCC(C1C=CC=C1)C1C=CC=C1)(OC)OC. The van der Waals surface area contributed by atoms with Crippen molar-refractivity contribution in [3.05, 3.63) is 48.6 Å². The first-order valence-corrected chi connectivity index (χ1v) is 11.0. The molecule has 0 atom stereocenters. The van der Waals surface area contributed by atoms with E-state index >= 15 is 0 Å². The number of ether oxygens (including phenoxy) is 2. The van der Waals surface area contributed by atoms with Crippen molar-refractivity contribution < 1.29 is 9.47 Å². The van der Waals surface area contributed by atoms with Crippen LogP contribution in [0.3, 0.4) is 0 Å². The van der Waals surface area contributed by atoms with Crippen LogP contribution < -0.4 is 0 Å². The lowest BCUT2D eigenvalue weighted by Crippen LogP contribution is -2.35. The average molecular weight is 373 g/mol. The molecule has 0 saturated heterocycles. The van der Waals surface area contributed by atoms with Crippen molar-refractivity contribution >= 4 is 0 Å².